The number of anilines is 1. The zero-order valence-electron chi connectivity index (χ0n) is 19.8. The highest BCUT2D eigenvalue weighted by molar-refractivity contribution is 5.74. The van der Waals surface area contributed by atoms with E-state index in [1.54, 1.807) is 30.9 Å². The fourth-order valence-corrected chi connectivity index (χ4v) is 4.61. The number of nitrogens with zero attached hydrogens (tertiary/aromatic N) is 3. The monoisotopic (exact) mass is 486 g/mol. The summed E-state index contributed by atoms with van der Waals surface area (Å²) in [5, 5.41) is 30.1. The molecule has 2 aliphatic rings. The molecule has 5 rings (SSSR count). The van der Waals surface area contributed by atoms with Gasteiger partial charge in [-0.2, -0.15) is 5.48 Å². The summed E-state index contributed by atoms with van der Waals surface area (Å²) in [4.78, 5) is 17.2. The van der Waals surface area contributed by atoms with E-state index in [0.29, 0.717) is 22.3 Å². The van der Waals surface area contributed by atoms with Crippen LogP contribution < -0.4 is 21.0 Å². The summed E-state index contributed by atoms with van der Waals surface area (Å²) in [6.07, 6.45) is 2.16. The van der Waals surface area contributed by atoms with E-state index in [0.717, 1.165) is 18.5 Å². The summed E-state index contributed by atoms with van der Waals surface area (Å²) in [6, 6.07) is 7.61. The summed E-state index contributed by atoms with van der Waals surface area (Å²) in [5.41, 5.74) is 4.53. The molecular weight excluding hydrogens is 456 g/mol. The minimum absolute atomic E-state index is 0.0114. The van der Waals surface area contributed by atoms with Gasteiger partial charge in [0.2, 0.25) is 0 Å². The van der Waals surface area contributed by atoms with Gasteiger partial charge in [-0.3, -0.25) is 0 Å². The van der Waals surface area contributed by atoms with Crippen molar-refractivity contribution in [3.8, 4) is 5.75 Å². The Balaban J connectivity index is 1.33. The Labute approximate surface area is 201 Å². The molecular formula is C23H30N6O6. The molecule has 5 N–H and O–H groups in total. The van der Waals surface area contributed by atoms with Crippen molar-refractivity contribution >= 4 is 16.7 Å². The Morgan fingerprint density at radius 2 is 2.20 bits per heavy atom. The van der Waals surface area contributed by atoms with E-state index in [4.69, 9.17) is 19.1 Å². The quantitative estimate of drug-likeness (QED) is 0.305. The maximum atomic E-state index is 11.1. The van der Waals surface area contributed by atoms with Crippen LogP contribution in [0, 0.1) is 0 Å². The number of rotatable bonds is 7. The number of aliphatic hydroxyl groups excluding tert-OH is 1. The molecule has 5 atom stereocenters. The lowest BCUT2D eigenvalue weighted by Gasteiger charge is -2.28. The normalized spacial score (nSPS) is 28.7. The highest BCUT2D eigenvalue weighted by Crippen LogP contribution is 2.38. The molecule has 0 bridgehead atoms. The first-order valence-corrected chi connectivity index (χ1v) is 11.4. The Morgan fingerprint density at radius 1 is 1.34 bits per heavy atom. The lowest BCUT2D eigenvalue weighted by molar-refractivity contribution is -0.0765. The Bertz CT molecular complexity index is 1260. The van der Waals surface area contributed by atoms with Gasteiger partial charge < -0.3 is 44.2 Å². The molecule has 1 fully saturated rings. The summed E-state index contributed by atoms with van der Waals surface area (Å²) in [5.74, 6) is 0.626. The van der Waals surface area contributed by atoms with Crippen LogP contribution in [0.5, 0.6) is 5.75 Å². The number of hydroxylamine groups is 1. The number of aliphatic hydroxyl groups is 2. The second-order valence-electron chi connectivity index (χ2n) is 8.86. The lowest BCUT2D eigenvalue weighted by Crippen LogP contribution is -2.47. The van der Waals surface area contributed by atoms with Gasteiger partial charge >= 0.3 is 0 Å². The van der Waals surface area contributed by atoms with Crippen molar-refractivity contribution in [1.82, 2.24) is 20.0 Å². The summed E-state index contributed by atoms with van der Waals surface area (Å²) in [6.45, 7) is 1.59. The Hall–Kier alpha value is -3.16. The maximum absolute atomic E-state index is 11.1. The van der Waals surface area contributed by atoms with Gasteiger partial charge in [0, 0.05) is 18.0 Å². The number of aryl methyl sites for hydroxylation is 1. The van der Waals surface area contributed by atoms with Gasteiger partial charge in [-0.05, 0) is 37.5 Å². The van der Waals surface area contributed by atoms with Crippen LogP contribution in [0.15, 0.2) is 41.9 Å². The summed E-state index contributed by atoms with van der Waals surface area (Å²) < 4.78 is 13.8. The number of hydrogen-bond donors (Lipinski definition) is 5. The third-order valence-electron chi connectivity index (χ3n) is 6.59. The summed E-state index contributed by atoms with van der Waals surface area (Å²) in [7, 11) is 3.04. The molecule has 0 spiro atoms. The third kappa shape index (κ3) is 4.34. The van der Waals surface area contributed by atoms with Gasteiger partial charge in [-0.1, -0.05) is 11.2 Å². The standard InChI is InChI=1S/C23H30N6O6/c1-23(31)17(11-34-14-6-4-13-5-7-18(27-32-2)26-16(13)10-14)35-22(19(23)30)29-9-8-15-20(28-33-3)24-12-25-21(15)29/h4,6,8-10,12,17-19,22,26-27,30-31H,5,7,11H2,1-3H3,(H,24,25,28)/t17-,18?,19+,22-,23-/m1/s1. The topological polar surface area (TPSA) is 147 Å². The van der Waals surface area contributed by atoms with Gasteiger partial charge in [0.15, 0.2) is 11.7 Å². The molecule has 0 saturated carbocycles. The number of fused-ring (bicyclic) bond motifs is 2. The third-order valence-corrected chi connectivity index (χ3v) is 6.59. The van der Waals surface area contributed by atoms with Crippen molar-refractivity contribution in [2.75, 3.05) is 26.1 Å². The first-order chi connectivity index (χ1) is 16.9. The van der Waals surface area contributed by atoms with Crippen molar-refractivity contribution in [3.05, 3.63) is 47.8 Å². The molecule has 188 valence electrons. The molecule has 0 amide bonds. The van der Waals surface area contributed by atoms with Crippen LogP contribution in [0.4, 0.5) is 5.69 Å². The molecule has 1 aromatic carbocycles. The molecule has 12 heteroatoms. The van der Waals surface area contributed by atoms with Gasteiger partial charge in [-0.25, -0.2) is 4.98 Å². The molecule has 0 radical (unpaired) electrons. The van der Waals surface area contributed by atoms with Crippen molar-refractivity contribution in [2.24, 2.45) is 5.16 Å². The Morgan fingerprint density at radius 3 is 3.00 bits per heavy atom. The van der Waals surface area contributed by atoms with Crippen molar-refractivity contribution in [2.45, 2.75) is 50.0 Å². The Kier molecular flexibility index (Phi) is 6.38. The van der Waals surface area contributed by atoms with Crippen LogP contribution >= 0.6 is 0 Å². The molecule has 4 heterocycles. The smallest absolute Gasteiger partial charge is 0.181 e. The van der Waals surface area contributed by atoms with E-state index in [1.807, 2.05) is 18.2 Å². The summed E-state index contributed by atoms with van der Waals surface area (Å²) >= 11 is 0. The highest BCUT2D eigenvalue weighted by Gasteiger charge is 2.53. The molecule has 3 aromatic rings. The predicted octanol–water partition coefficient (Wildman–Crippen LogP) is 0.750. The second-order valence-corrected chi connectivity index (χ2v) is 8.86. The van der Waals surface area contributed by atoms with E-state index in [2.05, 4.69) is 25.9 Å². The first kappa shape index (κ1) is 23.6. The highest BCUT2D eigenvalue weighted by atomic mass is 16.6. The number of H-pyrrole nitrogens is 1. The number of nitrogens with one attached hydrogen (secondary N) is 3. The van der Waals surface area contributed by atoms with Crippen LogP contribution in [0.25, 0.3) is 11.0 Å². The van der Waals surface area contributed by atoms with E-state index in [-0.39, 0.29) is 12.8 Å². The van der Waals surface area contributed by atoms with E-state index in [1.165, 1.54) is 19.0 Å². The number of ether oxygens (including phenoxy) is 2. The largest absolute Gasteiger partial charge is 0.491 e. The van der Waals surface area contributed by atoms with E-state index >= 15 is 0 Å². The van der Waals surface area contributed by atoms with E-state index < -0.39 is 24.0 Å². The van der Waals surface area contributed by atoms with Gasteiger partial charge in [-0.15, -0.1) is 0 Å². The number of aromatic amines is 1. The average molecular weight is 487 g/mol. The SMILES string of the molecule is CO/N=c1\[nH]cnc2c1ccn2[C@@H]1O[C@H](COc2ccc3c(c2)NC(NOC)CC3)[C@@](C)(O)[C@H]1O. The van der Waals surface area contributed by atoms with Crippen LogP contribution in [0.2, 0.25) is 0 Å². The molecule has 2 aliphatic heterocycles. The van der Waals surface area contributed by atoms with Gasteiger partial charge in [0.1, 0.15) is 49.1 Å². The number of hydrogen-bond acceptors (Lipinski definition) is 10. The average Bonchev–Trinajstić information content (AvgIpc) is 3.37. The fourth-order valence-electron chi connectivity index (χ4n) is 4.61. The molecule has 35 heavy (non-hydrogen) atoms. The zero-order valence-corrected chi connectivity index (χ0v) is 19.8. The molecule has 2 aromatic heterocycles. The molecule has 12 nitrogen and oxygen atoms in total. The zero-order chi connectivity index (χ0) is 24.6. The van der Waals surface area contributed by atoms with Gasteiger partial charge in [0.05, 0.1) is 18.8 Å². The van der Waals surface area contributed by atoms with Gasteiger partial charge in [0.25, 0.3) is 0 Å². The van der Waals surface area contributed by atoms with Crippen LogP contribution in [-0.2, 0) is 20.8 Å². The minimum atomic E-state index is -1.55. The minimum Gasteiger partial charge on any atom is -0.491 e. The first-order valence-electron chi connectivity index (χ1n) is 11.4. The number of benzene rings is 1. The van der Waals surface area contributed by atoms with Crippen LogP contribution in [0.1, 0.15) is 25.1 Å². The molecule has 1 unspecified atom stereocenters. The van der Waals surface area contributed by atoms with E-state index in [9.17, 15) is 10.2 Å². The van der Waals surface area contributed by atoms with Crippen molar-refractivity contribution in [1.29, 1.82) is 0 Å². The predicted molar refractivity (Wildman–Crippen MR) is 125 cm³/mol. The lowest BCUT2D eigenvalue weighted by atomic mass is 9.95. The molecule has 1 saturated heterocycles. The fraction of sp³-hybridized carbons (Fsp3) is 0.478. The van der Waals surface area contributed by atoms with Crippen molar-refractivity contribution < 1.29 is 29.4 Å². The maximum Gasteiger partial charge on any atom is 0.181 e. The number of aromatic nitrogens is 3. The van der Waals surface area contributed by atoms with Crippen molar-refractivity contribution in [3.63, 3.8) is 0 Å². The van der Waals surface area contributed by atoms with Crippen LogP contribution in [0.3, 0.4) is 0 Å². The molecule has 0 aliphatic carbocycles. The van der Waals surface area contributed by atoms with Crippen LogP contribution in [-0.4, -0.2) is 69.5 Å². The second kappa shape index (κ2) is 9.47.